The first-order chi connectivity index (χ1) is 34.3. The minimum absolute atomic E-state index is 0. The van der Waals surface area contributed by atoms with Gasteiger partial charge < -0.3 is 34.5 Å². The summed E-state index contributed by atoms with van der Waals surface area (Å²) in [5, 5.41) is 36.6. The standard InChI is InChI=1S/C17H16Cl2N2O4.C11H13NO4.C9H21O6P3.C5H4Cl2N2O.CH4.H3P/c1-24-17-6-20-14(5-16(17)25-9-10-2-3-10)15(22)4-11-12(18)7-21(23)8-13(11)19;1-15-10-5-12-8(11(13)14)4-9(10)16-6-7-2-3-7;1-4-7-16(10)13-17(11,8-5-2)15-18(12,14-16)9-6-3;6-3-1-9(10)2-4(7)5(3)8;;/h5-8,10H,2-4,9H2,1H3;4-5,7H,2-3,6H2,1H3,(H,13,14);4-9H2,1-3H3;1-2,8,10H;1H4;1H3/i;;;;;1T3. The van der Waals surface area contributed by atoms with Gasteiger partial charge in [0.1, 0.15) is 15.7 Å². The van der Waals surface area contributed by atoms with Crippen LogP contribution < -0.4 is 29.0 Å². The average Bonchev–Trinajstić information content (AvgIpc) is 4.25. The predicted molar refractivity (Wildman–Crippen MR) is 275 cm³/mol. The quantitative estimate of drug-likeness (QED) is 0.0275. The zero-order valence-corrected chi connectivity index (χ0v) is 45.4. The van der Waals surface area contributed by atoms with Gasteiger partial charge in [0.25, 0.3) is 0 Å². The molecule has 396 valence electrons. The van der Waals surface area contributed by atoms with Crippen LogP contribution in [0.2, 0.25) is 20.1 Å². The molecule has 0 aromatic carbocycles. The van der Waals surface area contributed by atoms with Crippen LogP contribution in [0.1, 0.15) is 99.7 Å². The molecule has 0 bridgehead atoms. The second-order valence-corrected chi connectivity index (χ2v) is 24.2. The fraction of sp³-hybridized carbons (Fsp3) is 0.488. The predicted octanol–water partition coefficient (Wildman–Crippen LogP) is 11.9. The molecule has 1 aliphatic heterocycles. The summed E-state index contributed by atoms with van der Waals surface area (Å²) in [6.07, 6.45) is 14.1. The molecular formula is C43H61Cl4N5O15P4. The number of Topliss-reactive ketones (excluding diaryl/α,β-unsaturated/α-hetero) is 1. The maximum absolute atomic E-state index is 12.5. The lowest BCUT2D eigenvalue weighted by molar-refractivity contribution is -0.605. The molecular weight excluding hydrogens is 1090 g/mol. The van der Waals surface area contributed by atoms with Gasteiger partial charge in [0.15, 0.2) is 46.9 Å². The molecule has 71 heavy (non-hydrogen) atoms. The van der Waals surface area contributed by atoms with Crippen LogP contribution in [-0.4, -0.2) is 86.5 Å². The number of carboxylic acids is 1. The summed E-state index contributed by atoms with van der Waals surface area (Å²) in [6, 6.07) is 2.95. The van der Waals surface area contributed by atoms with Crippen molar-refractivity contribution in [1.29, 1.82) is 9.24 Å². The number of halogens is 4. The smallest absolute Gasteiger partial charge is 0.354 e. The third-order valence-corrected chi connectivity index (χ3v) is 19.7. The fourth-order valence-corrected chi connectivity index (χ4v) is 16.1. The Hall–Kier alpha value is -3.50. The highest BCUT2D eigenvalue weighted by Gasteiger charge is 2.51. The normalized spacial score (nSPS) is 20.3. The van der Waals surface area contributed by atoms with Gasteiger partial charge >= 0.3 is 28.8 Å². The van der Waals surface area contributed by atoms with Crippen molar-refractivity contribution in [2.24, 2.45) is 11.8 Å². The van der Waals surface area contributed by atoms with Crippen molar-refractivity contribution < 1.29 is 70.2 Å². The number of aromatic nitrogens is 4. The van der Waals surface area contributed by atoms with E-state index in [0.717, 1.165) is 25.2 Å². The number of hydrogen-bond acceptors (Lipinski definition) is 17. The number of carbonyl (C=O) groups is 2. The minimum Gasteiger partial charge on any atom is -0.619 e. The molecule has 28 heteroatoms. The summed E-state index contributed by atoms with van der Waals surface area (Å²) in [7, 11) is -9.55. The Bertz CT molecular complexity index is 2580. The van der Waals surface area contributed by atoms with Gasteiger partial charge in [-0.1, -0.05) is 74.6 Å². The largest absolute Gasteiger partial charge is 0.619 e. The summed E-state index contributed by atoms with van der Waals surface area (Å²) >= 11 is 23.0. The molecule has 3 aliphatic rings. The molecule has 20 nitrogen and oxygen atoms in total. The van der Waals surface area contributed by atoms with E-state index in [9.17, 15) is 28.5 Å². The zero-order chi connectivity index (χ0) is 54.7. The SMILES string of the molecule is C.CCCP1(=O)OP(=O)(CCC)OP(=O)(CCC)O1.COc1cnc(C(=O)Cc2c(Cl)c[n+]([O-])cc2Cl)cc1OCC1CC1.COc1cnc(C(=O)O)cc1OCC1CC1.N=c1c(Cl)cn(O)cc1Cl.[3H]P([3H])[3H]. The van der Waals surface area contributed by atoms with Crippen LogP contribution in [-0.2, 0) is 33.0 Å². The lowest BCUT2D eigenvalue weighted by atomic mass is 10.1. The van der Waals surface area contributed by atoms with Gasteiger partial charge in [-0.3, -0.25) is 23.9 Å². The van der Waals surface area contributed by atoms with E-state index in [0.29, 0.717) is 82.3 Å². The Morgan fingerprint density at radius 2 is 1.17 bits per heavy atom. The molecule has 4 aromatic heterocycles. The molecule has 3 fully saturated rings. The molecule has 0 spiro atoms. The first-order valence-electron chi connectivity index (χ1n) is 22.8. The molecule has 3 N–H and O–H groups in total. The third-order valence-electron chi connectivity index (χ3n) is 9.55. The van der Waals surface area contributed by atoms with Crippen molar-refractivity contribution >= 4 is 90.7 Å². The lowest BCUT2D eigenvalue weighted by Crippen LogP contribution is -2.25. The molecule has 5 heterocycles. The van der Waals surface area contributed by atoms with E-state index in [1.165, 1.54) is 57.9 Å². The summed E-state index contributed by atoms with van der Waals surface area (Å²) in [5.74, 6) is 1.68. The molecule has 0 unspecified atom stereocenters. The van der Waals surface area contributed by atoms with Crippen LogP contribution in [0.5, 0.6) is 23.0 Å². The molecule has 0 atom stereocenters. The van der Waals surface area contributed by atoms with Crippen LogP contribution in [0.15, 0.2) is 49.3 Å². The van der Waals surface area contributed by atoms with E-state index in [1.807, 2.05) is 0 Å². The molecule has 4 aromatic rings. The number of nitrogens with one attached hydrogen (secondary N) is 1. The molecule has 2 saturated carbocycles. The molecule has 0 amide bonds. The number of carboxylic acid groups (broad SMARTS) is 1. The number of ketones is 1. The van der Waals surface area contributed by atoms with Gasteiger partial charge in [0, 0.05) is 24.1 Å². The number of hydrogen-bond donors (Lipinski definition) is 3. The van der Waals surface area contributed by atoms with E-state index in [2.05, 4.69) is 9.97 Å². The van der Waals surface area contributed by atoms with Crippen molar-refractivity contribution in [2.45, 2.75) is 79.6 Å². The molecule has 1 saturated heterocycles. The van der Waals surface area contributed by atoms with E-state index in [-0.39, 0.29) is 75.0 Å². The Morgan fingerprint density at radius 3 is 1.52 bits per heavy atom. The number of carbonyl (C=O) groups excluding carboxylic acids is 1. The second kappa shape index (κ2) is 29.4. The molecule has 2 aliphatic carbocycles. The van der Waals surface area contributed by atoms with Crippen LogP contribution in [0.3, 0.4) is 0 Å². The highest BCUT2D eigenvalue weighted by Crippen LogP contribution is 2.82. The van der Waals surface area contributed by atoms with Crippen molar-refractivity contribution in [2.75, 3.05) is 45.9 Å². The van der Waals surface area contributed by atoms with Gasteiger partial charge in [0.2, 0.25) is 0 Å². The number of aromatic carboxylic acids is 1. The van der Waals surface area contributed by atoms with Crippen molar-refractivity contribution in [3.8, 4) is 23.0 Å². The summed E-state index contributed by atoms with van der Waals surface area (Å²) in [5.41, 5.74) is 0.572. The lowest BCUT2D eigenvalue weighted by Gasteiger charge is -2.33. The summed E-state index contributed by atoms with van der Waals surface area (Å²) in [6.45, 7) is 6.61. The van der Waals surface area contributed by atoms with E-state index < -0.39 is 38.5 Å². The van der Waals surface area contributed by atoms with Crippen molar-refractivity contribution in [1.82, 2.24) is 14.7 Å². The number of methoxy groups -OCH3 is 2. The zero-order valence-electron chi connectivity index (χ0n) is 41.8. The van der Waals surface area contributed by atoms with E-state index >= 15 is 0 Å². The summed E-state index contributed by atoms with van der Waals surface area (Å²) < 4.78 is 93.0. The van der Waals surface area contributed by atoms with Gasteiger partial charge in [-0.15, -0.1) is 0 Å². The third kappa shape index (κ3) is 20.4. The van der Waals surface area contributed by atoms with Gasteiger partial charge in [-0.05, 0) is 56.8 Å². The topological polar surface area (TPSA) is 272 Å². The van der Waals surface area contributed by atoms with Gasteiger partial charge in [-0.2, -0.15) is 19.2 Å². The van der Waals surface area contributed by atoms with Crippen LogP contribution in [0.4, 0.5) is 0 Å². The first-order valence-corrected chi connectivity index (χ1v) is 28.2. The van der Waals surface area contributed by atoms with Crippen LogP contribution in [0, 0.1) is 22.5 Å². The van der Waals surface area contributed by atoms with Gasteiger partial charge in [-0.25, -0.2) is 27.7 Å². The van der Waals surface area contributed by atoms with Crippen molar-refractivity contribution in [3.63, 3.8) is 0 Å². The Kier molecular flexibility index (Phi) is 24.2. The second-order valence-electron chi connectivity index (χ2n) is 15.6. The molecule has 7 rings (SSSR count). The maximum Gasteiger partial charge on any atom is 0.354 e. The number of nitrogens with zero attached hydrogens (tertiary/aromatic N) is 4. The molecule has 0 radical (unpaired) electrons. The number of pyridine rings is 4. The fourth-order valence-electron chi connectivity index (χ4n) is 5.78. The summed E-state index contributed by atoms with van der Waals surface area (Å²) in [4.78, 5) is 31.2. The monoisotopic (exact) mass is 1160 g/mol. The Labute approximate surface area is 440 Å². The van der Waals surface area contributed by atoms with Crippen LogP contribution >= 0.6 is 78.9 Å². The van der Waals surface area contributed by atoms with Gasteiger partial charge in [0.05, 0.1) is 89.9 Å². The average molecular weight is 1160 g/mol. The minimum atomic E-state index is -3.57. The first kappa shape index (κ1) is 58.4. The van der Waals surface area contributed by atoms with E-state index in [1.54, 1.807) is 26.8 Å². The highest BCUT2D eigenvalue weighted by molar-refractivity contribution is 7.80. The highest BCUT2D eigenvalue weighted by atomic mass is 35.5. The Balaban J connectivity index is 0.000000341. The van der Waals surface area contributed by atoms with E-state index in [4.69, 9.17) is 97.8 Å². The van der Waals surface area contributed by atoms with Crippen LogP contribution in [0.25, 0.3) is 0 Å². The number of ether oxygens (including phenoxy) is 4. The number of rotatable bonds is 18. The Morgan fingerprint density at radius 1 is 0.789 bits per heavy atom. The van der Waals surface area contributed by atoms with Crippen molar-refractivity contribution in [3.05, 3.63) is 96.9 Å². The maximum atomic E-state index is 12.5.